The number of aromatic nitrogens is 3. The summed E-state index contributed by atoms with van der Waals surface area (Å²) in [5.74, 6) is 2.04. The van der Waals surface area contributed by atoms with Crippen molar-refractivity contribution in [1.29, 1.82) is 0 Å². The van der Waals surface area contributed by atoms with Gasteiger partial charge in [-0.05, 0) is 30.0 Å². The summed E-state index contributed by atoms with van der Waals surface area (Å²) in [4.78, 5) is 18.3. The van der Waals surface area contributed by atoms with E-state index in [1.54, 1.807) is 13.1 Å². The maximum absolute atomic E-state index is 12.0. The van der Waals surface area contributed by atoms with Gasteiger partial charge >= 0.3 is 0 Å². The zero-order chi connectivity index (χ0) is 20.5. The van der Waals surface area contributed by atoms with Gasteiger partial charge in [0.2, 0.25) is 5.91 Å². The number of hydrogen-bond donors (Lipinski definition) is 2. The number of amides is 1. The van der Waals surface area contributed by atoms with E-state index < -0.39 is 0 Å². The molecule has 2 aromatic heterocycles. The zero-order valence-corrected chi connectivity index (χ0v) is 17.2. The van der Waals surface area contributed by atoms with Crippen LogP contribution >= 0.6 is 0 Å². The number of nitrogens with zero attached hydrogens (tertiary/aromatic N) is 4. The number of para-hydroxylation sites is 1. The summed E-state index contributed by atoms with van der Waals surface area (Å²) in [6.07, 6.45) is 2.64. The average Bonchev–Trinajstić information content (AvgIpc) is 3.27. The highest BCUT2D eigenvalue weighted by Gasteiger charge is 2.25. The minimum absolute atomic E-state index is 0.0623. The standard InChI is InChI=1S/C22H26N6O/c1-14(2)19-13-21(27(4)26-19)25-20-12-17(8-10-23-20)24-18-7-5-6-16-9-11-28(15(3)29)22(16)18/h5-8,10,12-14H,9,11H2,1-4H3,(H2,23,24,25). The lowest BCUT2D eigenvalue weighted by Crippen LogP contribution is -2.26. The van der Waals surface area contributed by atoms with E-state index in [2.05, 4.69) is 40.6 Å². The number of benzene rings is 1. The first kappa shape index (κ1) is 19.0. The Morgan fingerprint density at radius 3 is 2.72 bits per heavy atom. The molecule has 1 aliphatic heterocycles. The molecule has 1 aromatic carbocycles. The Hall–Kier alpha value is -3.35. The van der Waals surface area contributed by atoms with Gasteiger partial charge in [-0.2, -0.15) is 5.10 Å². The second kappa shape index (κ2) is 7.58. The van der Waals surface area contributed by atoms with E-state index in [0.717, 1.165) is 47.4 Å². The van der Waals surface area contributed by atoms with Gasteiger partial charge in [0.15, 0.2) is 0 Å². The Morgan fingerprint density at radius 1 is 1.17 bits per heavy atom. The lowest BCUT2D eigenvalue weighted by molar-refractivity contribution is -0.116. The normalized spacial score (nSPS) is 12.9. The average molecular weight is 390 g/mol. The highest BCUT2D eigenvalue weighted by molar-refractivity contribution is 5.98. The summed E-state index contributed by atoms with van der Waals surface area (Å²) in [6.45, 7) is 6.58. The predicted octanol–water partition coefficient (Wildman–Crippen LogP) is 4.33. The van der Waals surface area contributed by atoms with Crippen LogP contribution in [0, 0.1) is 0 Å². The van der Waals surface area contributed by atoms with Crippen LogP contribution in [0.25, 0.3) is 0 Å². The van der Waals surface area contributed by atoms with Crippen LogP contribution in [-0.2, 0) is 18.3 Å². The Bertz CT molecular complexity index is 1060. The van der Waals surface area contributed by atoms with Crippen LogP contribution in [0.1, 0.15) is 37.9 Å². The quantitative estimate of drug-likeness (QED) is 0.678. The summed E-state index contributed by atoms with van der Waals surface area (Å²) in [6, 6.07) is 12.0. The third-order valence-corrected chi connectivity index (χ3v) is 5.16. The maximum atomic E-state index is 12.0. The molecule has 4 rings (SSSR count). The number of anilines is 5. The molecule has 0 bridgehead atoms. The summed E-state index contributed by atoms with van der Waals surface area (Å²) in [5.41, 5.74) is 5.02. The van der Waals surface area contributed by atoms with Gasteiger partial charge in [-0.3, -0.25) is 9.48 Å². The number of carbonyl (C=O) groups excluding carboxylic acids is 1. The fourth-order valence-corrected chi connectivity index (χ4v) is 3.62. The molecule has 0 atom stereocenters. The molecule has 0 saturated heterocycles. The third kappa shape index (κ3) is 3.81. The zero-order valence-electron chi connectivity index (χ0n) is 17.2. The summed E-state index contributed by atoms with van der Waals surface area (Å²) < 4.78 is 1.83. The van der Waals surface area contributed by atoms with Crippen LogP contribution < -0.4 is 15.5 Å². The number of pyridine rings is 1. The fourth-order valence-electron chi connectivity index (χ4n) is 3.62. The maximum Gasteiger partial charge on any atom is 0.223 e. The highest BCUT2D eigenvalue weighted by Crippen LogP contribution is 2.37. The number of nitrogens with one attached hydrogen (secondary N) is 2. The Balaban J connectivity index is 1.58. The topological polar surface area (TPSA) is 75.1 Å². The van der Waals surface area contributed by atoms with E-state index in [1.807, 2.05) is 47.0 Å². The number of carbonyl (C=O) groups is 1. The largest absolute Gasteiger partial charge is 0.354 e. The van der Waals surface area contributed by atoms with Crippen molar-refractivity contribution in [2.24, 2.45) is 7.05 Å². The number of hydrogen-bond acceptors (Lipinski definition) is 5. The van der Waals surface area contributed by atoms with Crippen molar-refractivity contribution < 1.29 is 4.79 Å². The molecule has 0 radical (unpaired) electrons. The molecule has 1 amide bonds. The van der Waals surface area contributed by atoms with Crippen molar-refractivity contribution in [1.82, 2.24) is 14.8 Å². The van der Waals surface area contributed by atoms with E-state index >= 15 is 0 Å². The number of fused-ring (bicyclic) bond motifs is 1. The van der Waals surface area contributed by atoms with Crippen molar-refractivity contribution in [3.8, 4) is 0 Å². The van der Waals surface area contributed by atoms with Crippen molar-refractivity contribution in [3.05, 3.63) is 53.9 Å². The first-order chi connectivity index (χ1) is 13.9. The molecule has 150 valence electrons. The van der Waals surface area contributed by atoms with Crippen LogP contribution in [-0.4, -0.2) is 27.2 Å². The predicted molar refractivity (Wildman–Crippen MR) is 116 cm³/mol. The highest BCUT2D eigenvalue weighted by atomic mass is 16.2. The molecule has 0 aliphatic carbocycles. The van der Waals surface area contributed by atoms with E-state index in [0.29, 0.717) is 5.92 Å². The molecule has 1 aliphatic rings. The molecule has 0 saturated carbocycles. The minimum Gasteiger partial charge on any atom is -0.354 e. The summed E-state index contributed by atoms with van der Waals surface area (Å²) in [5, 5.41) is 11.3. The van der Waals surface area contributed by atoms with Crippen molar-refractivity contribution in [3.63, 3.8) is 0 Å². The van der Waals surface area contributed by atoms with Crippen LogP contribution in [0.3, 0.4) is 0 Å². The van der Waals surface area contributed by atoms with E-state index in [4.69, 9.17) is 0 Å². The van der Waals surface area contributed by atoms with Crippen LogP contribution in [0.15, 0.2) is 42.6 Å². The van der Waals surface area contributed by atoms with E-state index in [1.165, 1.54) is 5.56 Å². The first-order valence-electron chi connectivity index (χ1n) is 9.86. The van der Waals surface area contributed by atoms with Gasteiger partial charge in [0.05, 0.1) is 17.1 Å². The molecule has 0 unspecified atom stereocenters. The number of rotatable bonds is 5. The van der Waals surface area contributed by atoms with E-state index in [-0.39, 0.29) is 5.91 Å². The first-order valence-corrected chi connectivity index (χ1v) is 9.86. The lowest BCUT2D eigenvalue weighted by atomic mass is 10.1. The molecule has 3 aromatic rings. The van der Waals surface area contributed by atoms with Crippen molar-refractivity contribution >= 4 is 34.6 Å². The molecule has 2 N–H and O–H groups in total. The molecule has 0 spiro atoms. The van der Waals surface area contributed by atoms with Gasteiger partial charge < -0.3 is 15.5 Å². The Kier molecular flexibility index (Phi) is 4.96. The van der Waals surface area contributed by atoms with E-state index in [9.17, 15) is 4.79 Å². The SMILES string of the molecule is CC(=O)N1CCc2cccc(Nc3ccnc(Nc4cc(C(C)C)nn4C)c3)c21. The van der Waals surface area contributed by atoms with Crippen LogP contribution in [0.4, 0.5) is 28.7 Å². The smallest absolute Gasteiger partial charge is 0.223 e. The molecule has 3 heterocycles. The Labute approximate surface area is 170 Å². The van der Waals surface area contributed by atoms with Gasteiger partial charge in [-0.25, -0.2) is 4.98 Å². The second-order valence-corrected chi connectivity index (χ2v) is 7.65. The second-order valence-electron chi connectivity index (χ2n) is 7.65. The summed E-state index contributed by atoms with van der Waals surface area (Å²) in [7, 11) is 1.92. The van der Waals surface area contributed by atoms with Gasteiger partial charge in [-0.15, -0.1) is 0 Å². The third-order valence-electron chi connectivity index (χ3n) is 5.16. The monoisotopic (exact) mass is 390 g/mol. The number of aryl methyl sites for hydroxylation is 1. The summed E-state index contributed by atoms with van der Waals surface area (Å²) >= 11 is 0. The Morgan fingerprint density at radius 2 is 2.00 bits per heavy atom. The molecule has 7 heteroatoms. The van der Waals surface area contributed by atoms with Gasteiger partial charge in [-0.1, -0.05) is 26.0 Å². The van der Waals surface area contributed by atoms with Gasteiger partial charge in [0, 0.05) is 44.5 Å². The molecule has 0 fully saturated rings. The molecule has 7 nitrogen and oxygen atoms in total. The van der Waals surface area contributed by atoms with Gasteiger partial charge in [0.25, 0.3) is 0 Å². The molecular weight excluding hydrogens is 364 g/mol. The van der Waals surface area contributed by atoms with Crippen LogP contribution in [0.2, 0.25) is 0 Å². The lowest BCUT2D eigenvalue weighted by Gasteiger charge is -2.19. The van der Waals surface area contributed by atoms with Crippen LogP contribution in [0.5, 0.6) is 0 Å². The molecular formula is C22H26N6O. The van der Waals surface area contributed by atoms with Crippen molar-refractivity contribution in [2.75, 3.05) is 22.1 Å². The molecule has 29 heavy (non-hydrogen) atoms. The fraction of sp³-hybridized carbons (Fsp3) is 0.318. The van der Waals surface area contributed by atoms with Gasteiger partial charge in [0.1, 0.15) is 11.6 Å². The minimum atomic E-state index is 0.0623. The van der Waals surface area contributed by atoms with Crippen molar-refractivity contribution in [2.45, 2.75) is 33.1 Å².